The van der Waals surface area contributed by atoms with Gasteiger partial charge in [-0.1, -0.05) is 74.9 Å². The van der Waals surface area contributed by atoms with Crippen molar-refractivity contribution < 1.29 is 22.7 Å². The number of carbonyl (C=O) groups is 1. The molecule has 0 bridgehead atoms. The normalized spacial score (nSPS) is 10.9. The molecule has 4 rings (SSSR count). The number of hydrogen-bond acceptors (Lipinski definition) is 2. The minimum absolute atomic E-state index is 0.0676. The van der Waals surface area contributed by atoms with E-state index in [1.165, 1.54) is 30.3 Å². The Labute approximate surface area is 203 Å². The van der Waals surface area contributed by atoms with Crippen LogP contribution in [0, 0.1) is 17.5 Å². The topological polar surface area (TPSA) is 26.3 Å². The number of hydrogen-bond donors (Lipinski definition) is 0. The second kappa shape index (κ2) is 10.6. The Kier molecular flexibility index (Phi) is 7.35. The Hall–Kier alpha value is -3.86. The lowest BCUT2D eigenvalue weighted by Gasteiger charge is -2.10. The molecule has 0 saturated carbocycles. The number of ether oxygens (including phenoxy) is 1. The molecule has 0 spiro atoms. The summed E-state index contributed by atoms with van der Waals surface area (Å²) in [4.78, 5) is 12.5. The SMILES string of the molecule is CCCc1ccc(-c2ccc(OC(=O)c3ccc(-c4ccc(CC)cc4)c(F)c3F)cc2)c(F)c1. The minimum Gasteiger partial charge on any atom is -0.423 e. The largest absolute Gasteiger partial charge is 0.423 e. The standard InChI is InChI=1S/C30H25F3O2/c1-3-5-20-8-15-24(27(31)18-20)21-11-13-23(14-12-21)35-30(34)26-17-16-25(28(32)29(26)33)22-9-6-19(4-2)7-10-22/h6-18H,3-5H2,1-2H3. The number of benzene rings is 4. The second-order valence-electron chi connectivity index (χ2n) is 8.32. The quantitative estimate of drug-likeness (QED) is 0.199. The molecule has 0 heterocycles. The first-order chi connectivity index (χ1) is 16.9. The number of aryl methyl sites for hydroxylation is 2. The first-order valence-corrected chi connectivity index (χ1v) is 11.6. The van der Waals surface area contributed by atoms with Gasteiger partial charge >= 0.3 is 5.97 Å². The van der Waals surface area contributed by atoms with E-state index in [4.69, 9.17) is 4.74 Å². The van der Waals surface area contributed by atoms with Crippen molar-refractivity contribution in [3.63, 3.8) is 0 Å². The summed E-state index contributed by atoms with van der Waals surface area (Å²) >= 11 is 0. The van der Waals surface area contributed by atoms with E-state index in [2.05, 4.69) is 0 Å². The monoisotopic (exact) mass is 474 g/mol. The molecular formula is C30H25F3O2. The van der Waals surface area contributed by atoms with Gasteiger partial charge in [0, 0.05) is 11.1 Å². The third-order valence-electron chi connectivity index (χ3n) is 5.92. The molecule has 0 aliphatic heterocycles. The highest BCUT2D eigenvalue weighted by atomic mass is 19.2. The van der Waals surface area contributed by atoms with E-state index in [0.29, 0.717) is 16.7 Å². The molecule has 178 valence electrons. The summed E-state index contributed by atoms with van der Waals surface area (Å²) < 4.78 is 49.3. The lowest BCUT2D eigenvalue weighted by atomic mass is 10.0. The van der Waals surface area contributed by atoms with Gasteiger partial charge in [-0.2, -0.15) is 0 Å². The highest BCUT2D eigenvalue weighted by Gasteiger charge is 2.21. The maximum atomic E-state index is 14.8. The Morgan fingerprint density at radius 1 is 0.714 bits per heavy atom. The molecule has 0 aliphatic rings. The van der Waals surface area contributed by atoms with Crippen LogP contribution in [0.15, 0.2) is 78.9 Å². The van der Waals surface area contributed by atoms with E-state index in [1.807, 2.05) is 32.0 Å². The Morgan fingerprint density at radius 3 is 1.94 bits per heavy atom. The first-order valence-electron chi connectivity index (χ1n) is 11.6. The molecule has 0 aromatic heterocycles. The molecule has 0 N–H and O–H groups in total. The number of rotatable bonds is 7. The van der Waals surface area contributed by atoms with Gasteiger partial charge in [-0.15, -0.1) is 0 Å². The van der Waals surface area contributed by atoms with Gasteiger partial charge in [-0.25, -0.2) is 18.0 Å². The van der Waals surface area contributed by atoms with Crippen molar-refractivity contribution in [3.05, 3.63) is 113 Å². The minimum atomic E-state index is -1.27. The van der Waals surface area contributed by atoms with Crippen molar-refractivity contribution in [1.82, 2.24) is 0 Å². The fourth-order valence-corrected chi connectivity index (χ4v) is 3.95. The molecule has 0 saturated heterocycles. The van der Waals surface area contributed by atoms with E-state index in [0.717, 1.165) is 30.4 Å². The maximum Gasteiger partial charge on any atom is 0.346 e. The number of carbonyl (C=O) groups excluding carboxylic acids is 1. The van der Waals surface area contributed by atoms with Crippen molar-refractivity contribution in [1.29, 1.82) is 0 Å². The maximum absolute atomic E-state index is 14.8. The first kappa shape index (κ1) is 24.3. The summed E-state index contributed by atoms with van der Waals surface area (Å²) in [5.41, 5.74) is 3.13. The predicted octanol–water partition coefficient (Wildman–Crippen LogP) is 8.17. The molecule has 0 atom stereocenters. The molecule has 4 aromatic rings. The smallest absolute Gasteiger partial charge is 0.346 e. The molecular weight excluding hydrogens is 449 g/mol. The summed E-state index contributed by atoms with van der Waals surface area (Å²) in [6.45, 7) is 4.04. The highest BCUT2D eigenvalue weighted by Crippen LogP contribution is 2.29. The average molecular weight is 475 g/mol. The van der Waals surface area contributed by atoms with Gasteiger partial charge in [0.15, 0.2) is 11.6 Å². The van der Waals surface area contributed by atoms with Crippen LogP contribution in [0.5, 0.6) is 5.75 Å². The van der Waals surface area contributed by atoms with Crippen molar-refractivity contribution in [2.45, 2.75) is 33.1 Å². The third kappa shape index (κ3) is 5.29. The average Bonchev–Trinajstić information content (AvgIpc) is 2.87. The summed E-state index contributed by atoms with van der Waals surface area (Å²) in [7, 11) is 0. The number of halogens is 3. The van der Waals surface area contributed by atoms with Gasteiger partial charge in [-0.3, -0.25) is 0 Å². The molecule has 0 fully saturated rings. The summed E-state index contributed by atoms with van der Waals surface area (Å²) in [6, 6.07) is 21.0. The Balaban J connectivity index is 1.51. The lowest BCUT2D eigenvalue weighted by Crippen LogP contribution is -2.12. The molecule has 0 amide bonds. The molecule has 5 heteroatoms. The van der Waals surface area contributed by atoms with E-state index in [9.17, 15) is 18.0 Å². The van der Waals surface area contributed by atoms with Gasteiger partial charge in [0.2, 0.25) is 0 Å². The van der Waals surface area contributed by atoms with Crippen LogP contribution >= 0.6 is 0 Å². The van der Waals surface area contributed by atoms with Crippen LogP contribution in [0.2, 0.25) is 0 Å². The third-order valence-corrected chi connectivity index (χ3v) is 5.92. The fourth-order valence-electron chi connectivity index (χ4n) is 3.95. The van der Waals surface area contributed by atoms with Crippen LogP contribution in [0.25, 0.3) is 22.3 Å². The van der Waals surface area contributed by atoms with Gasteiger partial charge in [0.25, 0.3) is 0 Å². The second-order valence-corrected chi connectivity index (χ2v) is 8.32. The van der Waals surface area contributed by atoms with E-state index >= 15 is 0 Å². The van der Waals surface area contributed by atoms with E-state index in [1.54, 1.807) is 30.3 Å². The van der Waals surface area contributed by atoms with Crippen LogP contribution in [-0.4, -0.2) is 5.97 Å². The van der Waals surface area contributed by atoms with Crippen LogP contribution in [-0.2, 0) is 12.8 Å². The van der Waals surface area contributed by atoms with Gasteiger partial charge in [-0.05, 0) is 59.4 Å². The van der Waals surface area contributed by atoms with Crippen molar-refractivity contribution >= 4 is 5.97 Å². The highest BCUT2D eigenvalue weighted by molar-refractivity contribution is 5.92. The van der Waals surface area contributed by atoms with Crippen LogP contribution in [0.1, 0.15) is 41.8 Å². The molecule has 0 radical (unpaired) electrons. The predicted molar refractivity (Wildman–Crippen MR) is 132 cm³/mol. The Bertz CT molecular complexity index is 1340. The van der Waals surface area contributed by atoms with Crippen molar-refractivity contribution in [2.75, 3.05) is 0 Å². The van der Waals surface area contributed by atoms with Gasteiger partial charge in [0.05, 0.1) is 5.56 Å². The zero-order valence-electron chi connectivity index (χ0n) is 19.6. The van der Waals surface area contributed by atoms with Crippen molar-refractivity contribution in [2.24, 2.45) is 0 Å². The molecule has 35 heavy (non-hydrogen) atoms. The molecule has 0 aliphatic carbocycles. The lowest BCUT2D eigenvalue weighted by molar-refractivity contribution is 0.0728. The summed E-state index contributed by atoms with van der Waals surface area (Å²) in [5, 5.41) is 0. The van der Waals surface area contributed by atoms with Gasteiger partial charge in [0.1, 0.15) is 11.6 Å². The zero-order valence-corrected chi connectivity index (χ0v) is 19.6. The van der Waals surface area contributed by atoms with E-state index < -0.39 is 23.2 Å². The van der Waals surface area contributed by atoms with Crippen molar-refractivity contribution in [3.8, 4) is 28.0 Å². The van der Waals surface area contributed by atoms with E-state index in [-0.39, 0.29) is 17.1 Å². The number of esters is 1. The molecule has 2 nitrogen and oxygen atoms in total. The Morgan fingerprint density at radius 2 is 1.31 bits per heavy atom. The zero-order chi connectivity index (χ0) is 24.9. The van der Waals surface area contributed by atoms with Gasteiger partial charge < -0.3 is 4.74 Å². The van der Waals surface area contributed by atoms with Crippen LogP contribution in [0.3, 0.4) is 0 Å². The molecule has 0 unspecified atom stereocenters. The fraction of sp³-hybridized carbons (Fsp3) is 0.167. The summed E-state index contributed by atoms with van der Waals surface area (Å²) in [6.07, 6.45) is 2.57. The van der Waals surface area contributed by atoms with Crippen LogP contribution in [0.4, 0.5) is 13.2 Å². The van der Waals surface area contributed by atoms with Crippen LogP contribution < -0.4 is 4.74 Å². The summed E-state index contributed by atoms with van der Waals surface area (Å²) in [5.74, 6) is -3.58. The molecule has 4 aromatic carbocycles.